The molecule has 3 N–H and O–H groups in total. The first-order valence-electron chi connectivity index (χ1n) is 10.1. The van der Waals surface area contributed by atoms with Gasteiger partial charge in [-0.1, -0.05) is 84.0 Å². The Morgan fingerprint density at radius 1 is 1.00 bits per heavy atom. The van der Waals surface area contributed by atoms with Gasteiger partial charge in [0.1, 0.15) is 13.7 Å². The molecule has 2 aromatic rings. The fraction of sp³-hybridized carbons (Fsp3) is 0.435. The molecule has 0 aliphatic heterocycles. The van der Waals surface area contributed by atoms with Crippen molar-refractivity contribution in [3.63, 3.8) is 0 Å². The van der Waals surface area contributed by atoms with Crippen LogP contribution in [0.25, 0.3) is 0 Å². The zero-order valence-electron chi connectivity index (χ0n) is 17.6. The first-order valence-corrected chi connectivity index (χ1v) is 12.7. The van der Waals surface area contributed by atoms with Crippen molar-refractivity contribution in [1.82, 2.24) is 5.32 Å². The summed E-state index contributed by atoms with van der Waals surface area (Å²) in [5.41, 5.74) is 5.22. The van der Waals surface area contributed by atoms with Crippen LogP contribution in [-0.2, 0) is 4.74 Å². The Balaban J connectivity index is 2.44. The second kappa shape index (κ2) is 9.89. The highest BCUT2D eigenvalue weighted by molar-refractivity contribution is 7.02. The Bertz CT molecular complexity index is 690. The largest absolute Gasteiger partial charge is 0.444 e. The Kier molecular flexibility index (Phi) is 7.84. The first kappa shape index (κ1) is 22.2. The molecule has 0 spiro atoms. The molecule has 2 aromatic carbocycles. The van der Waals surface area contributed by atoms with Gasteiger partial charge in [-0.3, -0.25) is 0 Å². The fourth-order valence-electron chi connectivity index (χ4n) is 3.59. The molecule has 152 valence electrons. The van der Waals surface area contributed by atoms with Crippen LogP contribution in [-0.4, -0.2) is 32.0 Å². The number of nitrogens with two attached hydrogens (primary N) is 1. The monoisotopic (exact) mass is 398 g/mol. The predicted molar refractivity (Wildman–Crippen MR) is 120 cm³/mol. The molecule has 0 heterocycles. The van der Waals surface area contributed by atoms with Gasteiger partial charge >= 0.3 is 6.09 Å². The summed E-state index contributed by atoms with van der Waals surface area (Å²) >= 11 is 0. The molecule has 0 saturated heterocycles. The van der Waals surface area contributed by atoms with Gasteiger partial charge in [-0.2, -0.15) is 0 Å². The number of carbonyl (C=O) groups is 1. The van der Waals surface area contributed by atoms with Crippen LogP contribution < -0.4 is 21.4 Å². The molecule has 0 bridgehead atoms. The zero-order chi connectivity index (χ0) is 20.6. The Hall–Kier alpha value is -2.11. The normalized spacial score (nSPS) is 13.0. The fourth-order valence-corrected chi connectivity index (χ4v) is 7.68. The van der Waals surface area contributed by atoms with Gasteiger partial charge in [-0.25, -0.2) is 4.79 Å². The smallest absolute Gasteiger partial charge is 0.407 e. The molecule has 1 atom stereocenters. The average molecular weight is 399 g/mol. The number of carbonyl (C=O) groups excluding carboxylic acids is 1. The predicted octanol–water partition coefficient (Wildman–Crippen LogP) is 3.44. The summed E-state index contributed by atoms with van der Waals surface area (Å²) in [4.78, 5) is 12.7. The number of amides is 1. The molecule has 2 rings (SSSR count). The van der Waals surface area contributed by atoms with Gasteiger partial charge in [0.2, 0.25) is 0 Å². The molecule has 4 nitrogen and oxygen atoms in total. The Morgan fingerprint density at radius 2 is 1.50 bits per heavy atom. The van der Waals surface area contributed by atoms with E-state index in [1.54, 1.807) is 0 Å². The number of ether oxygens (including phenoxy) is 1. The van der Waals surface area contributed by atoms with Crippen molar-refractivity contribution < 1.29 is 9.53 Å². The van der Waals surface area contributed by atoms with Crippen LogP contribution in [0.1, 0.15) is 40.0 Å². The van der Waals surface area contributed by atoms with Gasteiger partial charge in [0, 0.05) is 5.67 Å². The number of hydrogen-bond acceptors (Lipinski definition) is 3. The third kappa shape index (κ3) is 5.94. The number of benzene rings is 2. The summed E-state index contributed by atoms with van der Waals surface area (Å²) in [5, 5.41) is 5.83. The second-order valence-corrected chi connectivity index (χ2v) is 12.7. The topological polar surface area (TPSA) is 64.3 Å². The molecule has 0 radical (unpaired) electrons. The van der Waals surface area contributed by atoms with Crippen molar-refractivity contribution in [3.8, 4) is 0 Å². The van der Waals surface area contributed by atoms with Crippen LogP contribution in [0.3, 0.4) is 0 Å². The maximum absolute atomic E-state index is 12.7. The van der Waals surface area contributed by atoms with E-state index >= 15 is 0 Å². The maximum atomic E-state index is 12.7. The van der Waals surface area contributed by atoms with Gasteiger partial charge in [-0.15, -0.1) is 0 Å². The summed E-state index contributed by atoms with van der Waals surface area (Å²) in [5.74, 6) is 0. The molecule has 5 heteroatoms. The van der Waals surface area contributed by atoms with Crippen molar-refractivity contribution in [3.05, 3.63) is 60.7 Å². The molecule has 0 aliphatic rings. The summed E-state index contributed by atoms with van der Waals surface area (Å²) < 4.78 is 5.59. The van der Waals surface area contributed by atoms with Crippen LogP contribution in [0.15, 0.2) is 60.7 Å². The van der Waals surface area contributed by atoms with Crippen molar-refractivity contribution in [2.45, 2.75) is 57.8 Å². The minimum atomic E-state index is -2.27. The van der Waals surface area contributed by atoms with Crippen LogP contribution in [0.4, 0.5) is 4.79 Å². The van der Waals surface area contributed by atoms with E-state index in [1.807, 2.05) is 32.9 Å². The Labute approximate surface area is 170 Å². The van der Waals surface area contributed by atoms with Gasteiger partial charge in [0.15, 0.2) is 0 Å². The number of hydrogen-bond donors (Lipinski definition) is 2. The quantitative estimate of drug-likeness (QED) is 0.529. The third-order valence-corrected chi connectivity index (χ3v) is 9.97. The van der Waals surface area contributed by atoms with Gasteiger partial charge in [-0.05, 0) is 40.2 Å². The van der Waals surface area contributed by atoms with Crippen molar-refractivity contribution >= 4 is 24.5 Å². The zero-order valence-corrected chi connectivity index (χ0v) is 18.6. The summed E-state index contributed by atoms with van der Waals surface area (Å²) in [7, 11) is -2.27. The lowest BCUT2D eigenvalue weighted by Gasteiger charge is -2.38. The number of nitrogens with one attached hydrogen (secondary N) is 1. The molecule has 1 amide bonds. The highest BCUT2D eigenvalue weighted by atomic mass is 28.3. The van der Waals surface area contributed by atoms with Crippen LogP contribution in [0.5, 0.6) is 0 Å². The Morgan fingerprint density at radius 3 is 1.93 bits per heavy atom. The minimum absolute atomic E-state index is 0.0127. The standard InChI is InChI=1S/C23H34N2O2Si/c1-23(2,3)27-22(26)25-21(17-11-12-18-24)28(4,19-13-7-5-8-14-19)20-15-9-6-10-16-20/h5-10,13-16,21H,11-12,17-18,24H2,1-4H3,(H,25,26)/t21-/m1/s1. The lowest BCUT2D eigenvalue weighted by molar-refractivity contribution is 0.0517. The van der Waals surface area contributed by atoms with E-state index in [9.17, 15) is 4.79 Å². The number of unbranched alkanes of at least 4 members (excludes halogenated alkanes) is 1. The molecule has 0 aromatic heterocycles. The average Bonchev–Trinajstić information content (AvgIpc) is 2.66. The van der Waals surface area contributed by atoms with Gasteiger partial charge in [0.25, 0.3) is 0 Å². The first-order chi connectivity index (χ1) is 13.3. The van der Waals surface area contributed by atoms with E-state index < -0.39 is 13.7 Å². The number of rotatable bonds is 8. The minimum Gasteiger partial charge on any atom is -0.444 e. The van der Waals surface area contributed by atoms with Gasteiger partial charge < -0.3 is 15.8 Å². The molecule has 0 unspecified atom stereocenters. The molecular weight excluding hydrogens is 364 g/mol. The number of alkyl carbamates (subject to hydrolysis) is 1. The van der Waals surface area contributed by atoms with E-state index in [1.165, 1.54) is 10.4 Å². The van der Waals surface area contributed by atoms with E-state index in [0.29, 0.717) is 6.54 Å². The van der Waals surface area contributed by atoms with Crippen LogP contribution in [0, 0.1) is 0 Å². The summed E-state index contributed by atoms with van der Waals surface area (Å²) in [6.45, 7) is 8.67. The van der Waals surface area contributed by atoms with Crippen LogP contribution in [0.2, 0.25) is 6.55 Å². The molecule has 0 saturated carbocycles. The molecular formula is C23H34N2O2Si. The highest BCUT2D eigenvalue weighted by Gasteiger charge is 2.41. The molecule has 0 fully saturated rings. The van der Waals surface area contributed by atoms with Crippen molar-refractivity contribution in [2.24, 2.45) is 5.73 Å². The van der Waals surface area contributed by atoms with E-state index in [2.05, 4.69) is 60.4 Å². The molecule has 28 heavy (non-hydrogen) atoms. The lowest BCUT2D eigenvalue weighted by atomic mass is 10.2. The third-order valence-electron chi connectivity index (χ3n) is 5.08. The summed E-state index contributed by atoms with van der Waals surface area (Å²) in [6.07, 6.45) is 2.44. The van der Waals surface area contributed by atoms with Crippen LogP contribution >= 0.6 is 0 Å². The van der Waals surface area contributed by atoms with Crippen molar-refractivity contribution in [2.75, 3.05) is 6.54 Å². The maximum Gasteiger partial charge on any atom is 0.407 e. The van der Waals surface area contributed by atoms with Crippen molar-refractivity contribution in [1.29, 1.82) is 0 Å². The SMILES string of the molecule is CC(C)(C)OC(=O)N[C@@H](CCCCN)[Si](C)(c1ccccc1)c1ccccc1. The summed E-state index contributed by atoms with van der Waals surface area (Å²) in [6, 6.07) is 21.1. The second-order valence-electron chi connectivity index (χ2n) is 8.42. The van der Waals surface area contributed by atoms with Gasteiger partial charge in [0.05, 0.1) is 0 Å². The molecule has 0 aliphatic carbocycles. The van der Waals surface area contributed by atoms with E-state index in [4.69, 9.17) is 10.5 Å². The highest BCUT2D eigenvalue weighted by Crippen LogP contribution is 2.17. The van der Waals surface area contributed by atoms with E-state index in [-0.39, 0.29) is 11.8 Å². The lowest BCUT2D eigenvalue weighted by Crippen LogP contribution is -2.69. The van der Waals surface area contributed by atoms with E-state index in [0.717, 1.165) is 19.3 Å².